The van der Waals surface area contributed by atoms with Crippen molar-refractivity contribution in [3.63, 3.8) is 0 Å². The van der Waals surface area contributed by atoms with Crippen molar-refractivity contribution in [3.05, 3.63) is 76.1 Å². The van der Waals surface area contributed by atoms with Crippen LogP contribution in [0.25, 0.3) is 11.5 Å². The summed E-state index contributed by atoms with van der Waals surface area (Å²) in [5.41, 5.74) is 2.92. The fourth-order valence-electron chi connectivity index (χ4n) is 3.51. The molecule has 0 N–H and O–H groups in total. The Kier molecular flexibility index (Phi) is 5.84. The van der Waals surface area contributed by atoms with Crippen LogP contribution < -0.4 is 0 Å². The van der Waals surface area contributed by atoms with Gasteiger partial charge in [0.25, 0.3) is 5.91 Å². The number of aromatic nitrogens is 1. The first kappa shape index (κ1) is 20.1. The minimum Gasteiger partial charge on any atom is -0.441 e. The minimum absolute atomic E-state index is 0.000000912. The van der Waals surface area contributed by atoms with Crippen LogP contribution in [0.15, 0.2) is 52.9 Å². The minimum atomic E-state index is -0.000000912. The Bertz CT molecular complexity index is 1090. The average molecular weight is 421 g/mol. The van der Waals surface area contributed by atoms with E-state index in [1.54, 1.807) is 24.3 Å². The summed E-state index contributed by atoms with van der Waals surface area (Å²) in [4.78, 5) is 21.5. The fraction of sp³-hybridized carbons (Fsp3) is 0.261. The summed E-state index contributed by atoms with van der Waals surface area (Å²) in [6.07, 6.45) is 0. The summed E-state index contributed by atoms with van der Waals surface area (Å²) < 4.78 is 5.85. The molecule has 0 spiro atoms. The number of halogens is 1. The summed E-state index contributed by atoms with van der Waals surface area (Å²) in [7, 11) is 0. The van der Waals surface area contributed by atoms with E-state index in [0.717, 1.165) is 30.1 Å². The fourth-order valence-corrected chi connectivity index (χ4v) is 3.70. The second-order valence-corrected chi connectivity index (χ2v) is 7.73. The largest absolute Gasteiger partial charge is 0.441 e. The lowest BCUT2D eigenvalue weighted by Gasteiger charge is -2.34. The first-order valence-electron chi connectivity index (χ1n) is 9.77. The molecule has 1 fully saturated rings. The van der Waals surface area contributed by atoms with E-state index in [9.17, 15) is 4.79 Å². The van der Waals surface area contributed by atoms with Crippen molar-refractivity contribution in [1.82, 2.24) is 14.8 Å². The summed E-state index contributed by atoms with van der Waals surface area (Å²) >= 11 is 6.07. The Morgan fingerprint density at radius 3 is 2.57 bits per heavy atom. The normalized spacial score (nSPS) is 14.5. The van der Waals surface area contributed by atoms with Gasteiger partial charge in [-0.1, -0.05) is 17.7 Å². The molecule has 1 saturated heterocycles. The van der Waals surface area contributed by atoms with Crippen LogP contribution in [-0.2, 0) is 6.54 Å². The van der Waals surface area contributed by atoms with E-state index < -0.39 is 0 Å². The third-order valence-electron chi connectivity index (χ3n) is 5.26. The Balaban J connectivity index is 1.37. The highest BCUT2D eigenvalue weighted by molar-refractivity contribution is 6.30. The molecule has 2 heterocycles. The molecule has 0 aliphatic carbocycles. The number of rotatable bonds is 4. The monoisotopic (exact) mass is 420 g/mol. The van der Waals surface area contributed by atoms with E-state index in [4.69, 9.17) is 21.3 Å². The van der Waals surface area contributed by atoms with Crippen LogP contribution in [0.2, 0.25) is 5.02 Å². The van der Waals surface area contributed by atoms with Gasteiger partial charge >= 0.3 is 0 Å². The van der Waals surface area contributed by atoms with E-state index in [1.807, 2.05) is 36.1 Å². The zero-order chi connectivity index (χ0) is 21.1. The molecule has 0 unspecified atom stereocenters. The Morgan fingerprint density at radius 1 is 1.17 bits per heavy atom. The number of nitriles is 1. The van der Waals surface area contributed by atoms with Crippen LogP contribution in [0.5, 0.6) is 0 Å². The maximum atomic E-state index is 12.7. The molecule has 0 bridgehead atoms. The maximum absolute atomic E-state index is 12.7. The van der Waals surface area contributed by atoms with Crippen molar-refractivity contribution < 1.29 is 9.21 Å². The van der Waals surface area contributed by atoms with Crippen molar-refractivity contribution in [2.45, 2.75) is 13.5 Å². The molecule has 2 aromatic carbocycles. The average Bonchev–Trinajstić information content (AvgIpc) is 3.14. The van der Waals surface area contributed by atoms with E-state index in [0.29, 0.717) is 41.7 Å². The molecular formula is C23H21ClN4O2. The van der Waals surface area contributed by atoms with Crippen molar-refractivity contribution in [2.75, 3.05) is 26.2 Å². The van der Waals surface area contributed by atoms with Gasteiger partial charge in [0.15, 0.2) is 0 Å². The highest BCUT2D eigenvalue weighted by atomic mass is 35.5. The topological polar surface area (TPSA) is 73.4 Å². The maximum Gasteiger partial charge on any atom is 0.253 e. The highest BCUT2D eigenvalue weighted by Gasteiger charge is 2.23. The molecule has 6 nitrogen and oxygen atoms in total. The molecule has 3 aromatic rings. The van der Waals surface area contributed by atoms with Gasteiger partial charge in [-0.2, -0.15) is 5.26 Å². The van der Waals surface area contributed by atoms with Gasteiger partial charge in [0.2, 0.25) is 5.89 Å². The first-order chi connectivity index (χ1) is 14.5. The van der Waals surface area contributed by atoms with Gasteiger partial charge in [-0.25, -0.2) is 4.98 Å². The summed E-state index contributed by atoms with van der Waals surface area (Å²) in [5, 5.41) is 9.54. The van der Waals surface area contributed by atoms with Crippen molar-refractivity contribution in [3.8, 4) is 17.5 Å². The summed E-state index contributed by atoms with van der Waals surface area (Å²) in [6, 6.07) is 16.3. The molecule has 0 atom stereocenters. The third-order valence-corrected chi connectivity index (χ3v) is 5.49. The van der Waals surface area contributed by atoms with E-state index in [2.05, 4.69) is 16.0 Å². The lowest BCUT2D eigenvalue weighted by Crippen LogP contribution is -2.48. The van der Waals surface area contributed by atoms with E-state index in [1.165, 1.54) is 0 Å². The first-order valence-corrected chi connectivity index (χ1v) is 10.2. The molecule has 1 aliphatic heterocycles. The molecule has 30 heavy (non-hydrogen) atoms. The predicted octanol–water partition coefficient (Wildman–Crippen LogP) is 4.13. The standard InChI is InChI=1S/C23H21ClN4O2/c1-16-21(26-22(30-16)19-3-2-4-20(24)13-19)15-27-9-11-28(12-10-27)23(29)18-7-5-17(14-25)6-8-18/h2-8,13H,9-12,15H2,1H3. The number of benzene rings is 2. The Morgan fingerprint density at radius 2 is 1.90 bits per heavy atom. The van der Waals surface area contributed by atoms with Gasteiger partial charge in [-0.15, -0.1) is 0 Å². The van der Waals surface area contributed by atoms with Crippen molar-refractivity contribution in [2.24, 2.45) is 0 Å². The smallest absolute Gasteiger partial charge is 0.253 e. The molecular weight excluding hydrogens is 400 g/mol. The van der Waals surface area contributed by atoms with E-state index in [-0.39, 0.29) is 5.91 Å². The summed E-state index contributed by atoms with van der Waals surface area (Å²) in [5.74, 6) is 1.36. The molecule has 7 heteroatoms. The number of hydrogen-bond donors (Lipinski definition) is 0. The van der Waals surface area contributed by atoms with Crippen molar-refractivity contribution >= 4 is 17.5 Å². The van der Waals surface area contributed by atoms with Crippen LogP contribution in [0.1, 0.15) is 27.4 Å². The van der Waals surface area contributed by atoms with Gasteiger partial charge in [0, 0.05) is 48.9 Å². The predicted molar refractivity (Wildman–Crippen MR) is 114 cm³/mol. The third kappa shape index (κ3) is 4.38. The molecule has 152 valence electrons. The second-order valence-electron chi connectivity index (χ2n) is 7.29. The van der Waals surface area contributed by atoms with Gasteiger partial charge in [-0.05, 0) is 49.4 Å². The lowest BCUT2D eigenvalue weighted by molar-refractivity contribution is 0.0626. The number of carbonyl (C=O) groups excluding carboxylic acids is 1. The number of piperazine rings is 1. The van der Waals surface area contributed by atoms with Gasteiger partial charge in [-0.3, -0.25) is 9.69 Å². The second kappa shape index (κ2) is 8.70. The number of amides is 1. The van der Waals surface area contributed by atoms with Crippen LogP contribution in [0.3, 0.4) is 0 Å². The number of carbonyl (C=O) groups is 1. The lowest BCUT2D eigenvalue weighted by atomic mass is 10.1. The van der Waals surface area contributed by atoms with E-state index >= 15 is 0 Å². The molecule has 1 aliphatic rings. The van der Waals surface area contributed by atoms with Crippen LogP contribution in [-0.4, -0.2) is 46.9 Å². The SMILES string of the molecule is Cc1oc(-c2cccc(Cl)c2)nc1CN1CCN(C(=O)c2ccc(C#N)cc2)CC1. The molecule has 0 radical (unpaired) electrons. The van der Waals surface area contributed by atoms with Crippen LogP contribution >= 0.6 is 11.6 Å². The van der Waals surface area contributed by atoms with Gasteiger partial charge in [0.05, 0.1) is 17.3 Å². The zero-order valence-corrected chi connectivity index (χ0v) is 17.4. The number of oxazole rings is 1. The number of aryl methyl sites for hydroxylation is 1. The quantitative estimate of drug-likeness (QED) is 0.634. The van der Waals surface area contributed by atoms with Crippen molar-refractivity contribution in [1.29, 1.82) is 5.26 Å². The van der Waals surface area contributed by atoms with Crippen LogP contribution in [0.4, 0.5) is 0 Å². The van der Waals surface area contributed by atoms with Crippen LogP contribution in [0, 0.1) is 18.3 Å². The molecule has 1 aromatic heterocycles. The van der Waals surface area contributed by atoms with Gasteiger partial charge < -0.3 is 9.32 Å². The van der Waals surface area contributed by atoms with Gasteiger partial charge in [0.1, 0.15) is 5.76 Å². The molecule has 0 saturated carbocycles. The number of hydrogen-bond acceptors (Lipinski definition) is 5. The molecule has 1 amide bonds. The Hall–Kier alpha value is -3.14. The number of nitrogens with zero attached hydrogens (tertiary/aromatic N) is 4. The zero-order valence-electron chi connectivity index (χ0n) is 16.6. The Labute approximate surface area is 180 Å². The molecule has 4 rings (SSSR count). The summed E-state index contributed by atoms with van der Waals surface area (Å²) in [6.45, 7) is 5.42. The highest BCUT2D eigenvalue weighted by Crippen LogP contribution is 2.25.